The molecule has 0 aliphatic rings. The first-order valence-electron chi connectivity index (χ1n) is 5.28. The van der Waals surface area contributed by atoms with E-state index < -0.39 is 0 Å². The van der Waals surface area contributed by atoms with Crippen molar-refractivity contribution in [2.75, 3.05) is 18.5 Å². The number of hydrogen-bond acceptors (Lipinski definition) is 3. The lowest BCUT2D eigenvalue weighted by molar-refractivity contribution is 0.757. The zero-order valence-electron chi connectivity index (χ0n) is 9.62. The maximum Gasteiger partial charge on any atom is 0.146 e. The lowest BCUT2D eigenvalue weighted by Gasteiger charge is -2.19. The predicted molar refractivity (Wildman–Crippen MR) is 61.9 cm³/mol. The van der Waals surface area contributed by atoms with Crippen LogP contribution in [0.15, 0.2) is 12.1 Å². The summed E-state index contributed by atoms with van der Waals surface area (Å²) < 4.78 is 0. The maximum atomic E-state index is 8.97. The third-order valence-electron chi connectivity index (χ3n) is 2.34. The van der Waals surface area contributed by atoms with Gasteiger partial charge < -0.3 is 4.90 Å². The van der Waals surface area contributed by atoms with Crippen molar-refractivity contribution in [3.05, 3.63) is 23.4 Å². The molecule has 0 atom stereocenters. The number of aromatic nitrogens is 1. The molecule has 0 bridgehead atoms. The number of nitriles is 1. The van der Waals surface area contributed by atoms with Crippen molar-refractivity contribution >= 4 is 5.82 Å². The number of rotatable bonds is 4. The van der Waals surface area contributed by atoms with E-state index in [-0.39, 0.29) is 0 Å². The lowest BCUT2D eigenvalue weighted by atomic mass is 10.2. The Morgan fingerprint density at radius 3 is 2.80 bits per heavy atom. The van der Waals surface area contributed by atoms with Crippen LogP contribution in [0.5, 0.6) is 0 Å². The van der Waals surface area contributed by atoms with E-state index in [4.69, 9.17) is 5.26 Å². The summed E-state index contributed by atoms with van der Waals surface area (Å²) in [5.41, 5.74) is 1.60. The van der Waals surface area contributed by atoms with Crippen molar-refractivity contribution in [2.45, 2.75) is 26.7 Å². The first-order valence-corrected chi connectivity index (χ1v) is 5.28. The van der Waals surface area contributed by atoms with Gasteiger partial charge in [0.05, 0.1) is 5.56 Å². The van der Waals surface area contributed by atoms with Gasteiger partial charge in [-0.05, 0) is 25.5 Å². The molecule has 0 amide bonds. The fraction of sp³-hybridized carbons (Fsp3) is 0.500. The SMILES string of the molecule is CCCCN(C)c1nc(C)ccc1C#N. The molecule has 3 nitrogen and oxygen atoms in total. The van der Waals surface area contributed by atoms with Gasteiger partial charge in [-0.2, -0.15) is 5.26 Å². The molecule has 1 aromatic heterocycles. The number of aryl methyl sites for hydroxylation is 1. The fourth-order valence-electron chi connectivity index (χ4n) is 1.42. The van der Waals surface area contributed by atoms with Gasteiger partial charge in [0.15, 0.2) is 0 Å². The van der Waals surface area contributed by atoms with Crippen LogP contribution in [0, 0.1) is 18.3 Å². The Balaban J connectivity index is 2.91. The summed E-state index contributed by atoms with van der Waals surface area (Å²) in [6, 6.07) is 5.88. The van der Waals surface area contributed by atoms with Crippen molar-refractivity contribution in [3.8, 4) is 6.07 Å². The molecule has 0 saturated heterocycles. The number of pyridine rings is 1. The largest absolute Gasteiger partial charge is 0.359 e. The summed E-state index contributed by atoms with van der Waals surface area (Å²) in [6.45, 7) is 5.04. The minimum atomic E-state index is 0.652. The Kier molecular flexibility index (Phi) is 4.11. The molecule has 0 aromatic carbocycles. The second-order valence-electron chi connectivity index (χ2n) is 3.71. The second-order valence-corrected chi connectivity index (χ2v) is 3.71. The van der Waals surface area contributed by atoms with Gasteiger partial charge in [-0.15, -0.1) is 0 Å². The van der Waals surface area contributed by atoms with E-state index in [1.165, 1.54) is 0 Å². The zero-order chi connectivity index (χ0) is 11.3. The molecular weight excluding hydrogens is 186 g/mol. The van der Waals surface area contributed by atoms with Crippen LogP contribution in [0.1, 0.15) is 31.0 Å². The van der Waals surface area contributed by atoms with Crippen LogP contribution >= 0.6 is 0 Å². The highest BCUT2D eigenvalue weighted by molar-refractivity contribution is 5.53. The van der Waals surface area contributed by atoms with E-state index in [1.54, 1.807) is 0 Å². The highest BCUT2D eigenvalue weighted by Crippen LogP contribution is 2.16. The Labute approximate surface area is 91.4 Å². The lowest BCUT2D eigenvalue weighted by Crippen LogP contribution is -2.21. The smallest absolute Gasteiger partial charge is 0.146 e. The van der Waals surface area contributed by atoms with Gasteiger partial charge in [0, 0.05) is 19.3 Å². The van der Waals surface area contributed by atoms with E-state index in [1.807, 2.05) is 26.1 Å². The highest BCUT2D eigenvalue weighted by Gasteiger charge is 2.08. The van der Waals surface area contributed by atoms with Crippen molar-refractivity contribution in [1.29, 1.82) is 5.26 Å². The first-order chi connectivity index (χ1) is 7.19. The van der Waals surface area contributed by atoms with Gasteiger partial charge in [-0.25, -0.2) is 4.98 Å². The highest BCUT2D eigenvalue weighted by atomic mass is 15.2. The van der Waals surface area contributed by atoms with Gasteiger partial charge >= 0.3 is 0 Å². The third kappa shape index (κ3) is 2.95. The minimum Gasteiger partial charge on any atom is -0.359 e. The molecule has 3 heteroatoms. The summed E-state index contributed by atoms with van der Waals surface area (Å²) in [5, 5.41) is 8.97. The molecule has 0 unspecified atom stereocenters. The van der Waals surface area contributed by atoms with Crippen molar-refractivity contribution in [3.63, 3.8) is 0 Å². The summed E-state index contributed by atoms with van der Waals surface area (Å²) in [4.78, 5) is 6.45. The van der Waals surface area contributed by atoms with Crippen molar-refractivity contribution in [2.24, 2.45) is 0 Å². The van der Waals surface area contributed by atoms with Crippen LogP contribution < -0.4 is 4.90 Å². The maximum absolute atomic E-state index is 8.97. The molecule has 1 rings (SSSR count). The quantitative estimate of drug-likeness (QED) is 0.754. The van der Waals surface area contributed by atoms with E-state index >= 15 is 0 Å². The number of hydrogen-bond donors (Lipinski definition) is 0. The Hall–Kier alpha value is -1.56. The molecule has 1 aromatic rings. The van der Waals surface area contributed by atoms with E-state index in [9.17, 15) is 0 Å². The predicted octanol–water partition coefficient (Wildman–Crippen LogP) is 2.50. The van der Waals surface area contributed by atoms with Crippen LogP contribution in [-0.2, 0) is 0 Å². The fourth-order valence-corrected chi connectivity index (χ4v) is 1.42. The van der Waals surface area contributed by atoms with E-state index in [0.717, 1.165) is 30.9 Å². The standard InChI is InChI=1S/C12H17N3/c1-4-5-8-15(3)12-11(9-13)7-6-10(2)14-12/h6-7H,4-5,8H2,1-3H3. The van der Waals surface area contributed by atoms with Gasteiger partial charge in [-0.1, -0.05) is 13.3 Å². The summed E-state index contributed by atoms with van der Waals surface area (Å²) in [7, 11) is 1.98. The van der Waals surface area contributed by atoms with E-state index in [2.05, 4.69) is 22.9 Å². The molecule has 0 radical (unpaired) electrons. The zero-order valence-corrected chi connectivity index (χ0v) is 9.62. The van der Waals surface area contributed by atoms with Crippen LogP contribution in [0.3, 0.4) is 0 Å². The average Bonchev–Trinajstić information content (AvgIpc) is 2.25. The molecule has 0 saturated carbocycles. The molecule has 0 fully saturated rings. The topological polar surface area (TPSA) is 39.9 Å². The second kappa shape index (κ2) is 5.35. The number of anilines is 1. The molecular formula is C12H17N3. The molecule has 15 heavy (non-hydrogen) atoms. The average molecular weight is 203 g/mol. The van der Waals surface area contributed by atoms with Crippen LogP contribution in [0.4, 0.5) is 5.82 Å². The van der Waals surface area contributed by atoms with Gasteiger partial charge in [-0.3, -0.25) is 0 Å². The minimum absolute atomic E-state index is 0.652. The van der Waals surface area contributed by atoms with Crippen LogP contribution in [0.2, 0.25) is 0 Å². The van der Waals surface area contributed by atoms with Crippen molar-refractivity contribution in [1.82, 2.24) is 4.98 Å². The molecule has 80 valence electrons. The van der Waals surface area contributed by atoms with E-state index in [0.29, 0.717) is 5.56 Å². The third-order valence-corrected chi connectivity index (χ3v) is 2.34. The molecule has 0 spiro atoms. The van der Waals surface area contributed by atoms with Crippen molar-refractivity contribution < 1.29 is 0 Å². The molecule has 1 heterocycles. The summed E-state index contributed by atoms with van der Waals surface area (Å²) >= 11 is 0. The normalized spacial score (nSPS) is 9.73. The molecule has 0 aliphatic carbocycles. The van der Waals surface area contributed by atoms with Gasteiger partial charge in [0.1, 0.15) is 11.9 Å². The monoisotopic (exact) mass is 203 g/mol. The first kappa shape index (κ1) is 11.5. The Morgan fingerprint density at radius 2 is 2.20 bits per heavy atom. The number of unbranched alkanes of at least 4 members (excludes halogenated alkanes) is 1. The van der Waals surface area contributed by atoms with Crippen LogP contribution in [0.25, 0.3) is 0 Å². The summed E-state index contributed by atoms with van der Waals surface area (Å²) in [6.07, 6.45) is 2.27. The van der Waals surface area contributed by atoms with Gasteiger partial charge in [0.25, 0.3) is 0 Å². The molecule has 0 N–H and O–H groups in total. The summed E-state index contributed by atoms with van der Waals surface area (Å²) in [5.74, 6) is 0.797. The van der Waals surface area contributed by atoms with Crippen LogP contribution in [-0.4, -0.2) is 18.6 Å². The molecule has 0 aliphatic heterocycles. The number of nitrogens with zero attached hydrogens (tertiary/aromatic N) is 3. The Bertz CT molecular complexity index is 366. The van der Waals surface area contributed by atoms with Gasteiger partial charge in [0.2, 0.25) is 0 Å². The Morgan fingerprint density at radius 1 is 1.47 bits per heavy atom.